The molecule has 0 saturated carbocycles. The first-order chi connectivity index (χ1) is 12.8. The van der Waals surface area contributed by atoms with Crippen molar-refractivity contribution >= 4 is 28.8 Å². The molecule has 1 unspecified atom stereocenters. The Morgan fingerprint density at radius 2 is 1.81 bits per heavy atom. The molecule has 1 aliphatic rings. The summed E-state index contributed by atoms with van der Waals surface area (Å²) in [6, 6.07) is 14.6. The van der Waals surface area contributed by atoms with Crippen molar-refractivity contribution in [2.24, 2.45) is 0 Å². The van der Waals surface area contributed by atoms with Gasteiger partial charge in [-0.25, -0.2) is 4.57 Å². The van der Waals surface area contributed by atoms with Gasteiger partial charge in [0, 0.05) is 0 Å². The second-order valence-electron chi connectivity index (χ2n) is 5.66. The molecule has 2 aromatic rings. The van der Waals surface area contributed by atoms with Crippen molar-refractivity contribution in [3.05, 3.63) is 65.2 Å². The van der Waals surface area contributed by atoms with E-state index in [0.717, 1.165) is 6.26 Å². The van der Waals surface area contributed by atoms with Crippen molar-refractivity contribution < 1.29 is 26.2 Å². The molecule has 0 saturated heterocycles. The minimum absolute atomic E-state index is 0.00188. The molecule has 27 heavy (non-hydrogen) atoms. The van der Waals surface area contributed by atoms with E-state index in [2.05, 4.69) is 0 Å². The fourth-order valence-electron chi connectivity index (χ4n) is 2.65. The van der Waals surface area contributed by atoms with Crippen molar-refractivity contribution in [1.82, 2.24) is 0 Å². The number of rotatable bonds is 5. The summed E-state index contributed by atoms with van der Waals surface area (Å²) in [6.45, 7) is 1.72. The number of para-hydroxylation sites is 1. The highest BCUT2D eigenvalue weighted by Gasteiger charge is 2.43. The Bertz CT molecular complexity index is 1100. The minimum Gasteiger partial charge on any atom is -0.420 e. The predicted octanol–water partition coefficient (Wildman–Crippen LogP) is 3.98. The Morgan fingerprint density at radius 3 is 2.41 bits per heavy atom. The van der Waals surface area contributed by atoms with Gasteiger partial charge in [0.05, 0.1) is 30.1 Å². The lowest BCUT2D eigenvalue weighted by Crippen LogP contribution is -2.13. The maximum Gasteiger partial charge on any atom is 0.415 e. The summed E-state index contributed by atoms with van der Waals surface area (Å²) < 4.78 is 53.6. The van der Waals surface area contributed by atoms with E-state index in [-0.39, 0.29) is 23.4 Å². The molecular formula is C18H16NO6PS. The first-order valence-corrected chi connectivity index (χ1v) is 11.3. The van der Waals surface area contributed by atoms with Crippen LogP contribution in [-0.2, 0) is 23.4 Å². The lowest BCUT2D eigenvalue weighted by atomic mass is 10.1. The molecule has 0 aromatic heterocycles. The molecule has 0 aliphatic carbocycles. The molecule has 0 bridgehead atoms. The fraction of sp³-hybridized carbons (Fsp3) is 0.167. The molecule has 0 amide bonds. The lowest BCUT2D eigenvalue weighted by Gasteiger charge is -2.29. The summed E-state index contributed by atoms with van der Waals surface area (Å²) >= 11 is 0. The van der Waals surface area contributed by atoms with Gasteiger partial charge in [-0.1, -0.05) is 24.3 Å². The molecular weight excluding hydrogens is 389 g/mol. The van der Waals surface area contributed by atoms with Gasteiger partial charge in [-0.3, -0.25) is 4.52 Å². The van der Waals surface area contributed by atoms with Crippen molar-refractivity contribution in [3.63, 3.8) is 0 Å². The Balaban J connectivity index is 2.35. The van der Waals surface area contributed by atoms with Crippen LogP contribution in [0.3, 0.4) is 0 Å². The van der Waals surface area contributed by atoms with Gasteiger partial charge in [-0.2, -0.15) is 13.7 Å². The van der Waals surface area contributed by atoms with Gasteiger partial charge in [-0.15, -0.1) is 0 Å². The zero-order valence-electron chi connectivity index (χ0n) is 14.6. The number of benzene rings is 2. The predicted molar refractivity (Wildman–Crippen MR) is 100 cm³/mol. The molecule has 0 fully saturated rings. The monoisotopic (exact) mass is 405 g/mol. The van der Waals surface area contributed by atoms with Crippen LogP contribution in [-0.4, -0.2) is 21.3 Å². The summed E-state index contributed by atoms with van der Waals surface area (Å²) in [5, 5.41) is 8.99. The molecule has 1 atom stereocenters. The van der Waals surface area contributed by atoms with E-state index < -0.39 is 17.7 Å². The average Bonchev–Trinajstić information content (AvgIpc) is 2.61. The lowest BCUT2D eigenvalue weighted by molar-refractivity contribution is 0.288. The van der Waals surface area contributed by atoms with Crippen molar-refractivity contribution in [2.75, 3.05) is 12.9 Å². The van der Waals surface area contributed by atoms with Crippen molar-refractivity contribution in [1.29, 1.82) is 5.26 Å². The second-order valence-corrected chi connectivity index (χ2v) is 9.11. The average molecular weight is 405 g/mol. The number of nitrogens with zero attached hydrogens (tertiary/aromatic N) is 1. The Kier molecular flexibility index (Phi) is 5.11. The summed E-state index contributed by atoms with van der Waals surface area (Å²) in [5.74, 6) is 0.0890. The van der Waals surface area contributed by atoms with Crippen LogP contribution in [0.15, 0.2) is 48.5 Å². The van der Waals surface area contributed by atoms with Crippen LogP contribution in [0.25, 0.3) is 11.1 Å². The van der Waals surface area contributed by atoms with E-state index in [4.69, 9.17) is 18.5 Å². The van der Waals surface area contributed by atoms with Crippen molar-refractivity contribution in [2.45, 2.75) is 6.92 Å². The molecule has 0 N–H and O–H groups in total. The quantitative estimate of drug-likeness (QED) is 0.547. The van der Waals surface area contributed by atoms with Gasteiger partial charge in [0.1, 0.15) is 11.1 Å². The zero-order valence-corrected chi connectivity index (χ0v) is 16.3. The molecule has 1 heterocycles. The molecule has 9 heteroatoms. The molecule has 3 rings (SSSR count). The van der Waals surface area contributed by atoms with E-state index in [9.17, 15) is 13.0 Å². The van der Waals surface area contributed by atoms with Gasteiger partial charge >= 0.3 is 17.7 Å². The maximum atomic E-state index is 13.5. The molecule has 7 nitrogen and oxygen atoms in total. The topological polar surface area (TPSA) is 103 Å². The van der Waals surface area contributed by atoms with Crippen LogP contribution in [0.2, 0.25) is 0 Å². The van der Waals surface area contributed by atoms with E-state index >= 15 is 0 Å². The van der Waals surface area contributed by atoms with E-state index in [1.807, 2.05) is 6.07 Å². The molecule has 1 aliphatic heterocycles. The highest BCUT2D eigenvalue weighted by Crippen LogP contribution is 2.66. The number of hydrogen-bond acceptors (Lipinski definition) is 7. The van der Waals surface area contributed by atoms with Gasteiger partial charge in [-0.05, 0) is 36.8 Å². The number of hydrogen-bond donors (Lipinski definition) is 0. The SMILES string of the molecule is CCOP1(=O)Oc2ccccc2C(OS(C)(=O)=O)=C1c1ccc(C#N)cc1. The summed E-state index contributed by atoms with van der Waals surface area (Å²) in [7, 11) is -7.86. The normalized spacial score (nSPS) is 19.0. The maximum absolute atomic E-state index is 13.5. The summed E-state index contributed by atoms with van der Waals surface area (Å²) in [5.41, 5.74) is 1.11. The van der Waals surface area contributed by atoms with Crippen LogP contribution in [0, 0.1) is 11.3 Å². The van der Waals surface area contributed by atoms with Crippen LogP contribution in [0.1, 0.15) is 23.6 Å². The van der Waals surface area contributed by atoms with Gasteiger partial charge in [0.25, 0.3) is 0 Å². The van der Waals surface area contributed by atoms with Gasteiger partial charge < -0.3 is 8.71 Å². The highest BCUT2D eigenvalue weighted by atomic mass is 32.2. The van der Waals surface area contributed by atoms with Crippen LogP contribution >= 0.6 is 7.60 Å². The third-order valence-electron chi connectivity index (χ3n) is 3.66. The Labute approximate surface area is 157 Å². The number of nitriles is 1. The Hall–Kier alpha value is -2.59. The Morgan fingerprint density at radius 1 is 1.15 bits per heavy atom. The van der Waals surface area contributed by atoms with Crippen molar-refractivity contribution in [3.8, 4) is 11.8 Å². The third kappa shape index (κ3) is 3.91. The van der Waals surface area contributed by atoms with Crippen LogP contribution in [0.4, 0.5) is 0 Å². The van der Waals surface area contributed by atoms with E-state index in [1.54, 1.807) is 43.3 Å². The highest BCUT2D eigenvalue weighted by molar-refractivity contribution is 7.86. The van der Waals surface area contributed by atoms with E-state index in [0.29, 0.717) is 16.7 Å². The minimum atomic E-state index is -3.94. The molecule has 0 radical (unpaired) electrons. The first-order valence-electron chi connectivity index (χ1n) is 7.96. The molecule has 140 valence electrons. The van der Waals surface area contributed by atoms with Crippen LogP contribution in [0.5, 0.6) is 5.75 Å². The van der Waals surface area contributed by atoms with Gasteiger partial charge in [0.15, 0.2) is 5.76 Å². The second kappa shape index (κ2) is 7.20. The van der Waals surface area contributed by atoms with Gasteiger partial charge in [0.2, 0.25) is 0 Å². The standard InChI is InChI=1S/C18H16NO6PS/c1-3-23-26(20)18(14-10-8-13(12-19)9-11-14)17(25-27(2,21)22)15-6-4-5-7-16(15)24-26/h4-11H,3H2,1-2H3. The fourth-order valence-corrected chi connectivity index (χ4v) is 5.10. The molecule has 2 aromatic carbocycles. The molecule has 0 spiro atoms. The van der Waals surface area contributed by atoms with E-state index in [1.165, 1.54) is 12.1 Å². The largest absolute Gasteiger partial charge is 0.420 e. The first kappa shape index (κ1) is 19.2. The summed E-state index contributed by atoms with van der Waals surface area (Å²) in [4.78, 5) is 0. The summed E-state index contributed by atoms with van der Waals surface area (Å²) in [6.07, 6.45) is 0.903. The number of fused-ring (bicyclic) bond motifs is 1. The third-order valence-corrected chi connectivity index (χ3v) is 6.17. The smallest absolute Gasteiger partial charge is 0.415 e. The van der Waals surface area contributed by atoms with Crippen LogP contribution < -0.4 is 4.52 Å². The zero-order chi connectivity index (χ0) is 19.7.